The van der Waals surface area contributed by atoms with Gasteiger partial charge in [0.1, 0.15) is 11.8 Å². The fourth-order valence-electron chi connectivity index (χ4n) is 5.68. The summed E-state index contributed by atoms with van der Waals surface area (Å²) in [4.78, 5) is 56.1. The van der Waals surface area contributed by atoms with E-state index in [0.29, 0.717) is 22.0 Å². The zero-order valence-corrected chi connectivity index (χ0v) is 20.5. The van der Waals surface area contributed by atoms with Crippen LogP contribution in [-0.2, 0) is 14.4 Å². The number of nitrogens with zero attached hydrogens (tertiary/aromatic N) is 2. The Morgan fingerprint density at radius 2 is 1.54 bits per heavy atom. The molecular weight excluding hydrogens is 492 g/mol. The summed E-state index contributed by atoms with van der Waals surface area (Å²) in [7, 11) is 0. The van der Waals surface area contributed by atoms with Gasteiger partial charge >= 0.3 is 5.97 Å². The van der Waals surface area contributed by atoms with Crippen LogP contribution in [0.5, 0.6) is 5.75 Å². The lowest BCUT2D eigenvalue weighted by Gasteiger charge is -2.36. The lowest BCUT2D eigenvalue weighted by Crippen LogP contribution is -2.48. The number of rotatable bonds is 4. The van der Waals surface area contributed by atoms with Crippen molar-refractivity contribution in [2.75, 3.05) is 9.80 Å². The maximum Gasteiger partial charge on any atom is 0.308 e. The van der Waals surface area contributed by atoms with Crippen molar-refractivity contribution in [3.8, 4) is 5.75 Å². The van der Waals surface area contributed by atoms with Gasteiger partial charge in [0.05, 0.1) is 23.6 Å². The molecule has 0 aromatic heterocycles. The van der Waals surface area contributed by atoms with Gasteiger partial charge in [-0.25, -0.2) is 4.90 Å². The number of amides is 2. The Hall–Kier alpha value is -4.23. The van der Waals surface area contributed by atoms with Crippen molar-refractivity contribution in [2.45, 2.75) is 19.0 Å². The van der Waals surface area contributed by atoms with Crippen molar-refractivity contribution < 1.29 is 23.9 Å². The Bertz CT molecular complexity index is 1480. The molecule has 0 radical (unpaired) electrons. The van der Waals surface area contributed by atoms with Gasteiger partial charge in [0, 0.05) is 23.2 Å². The Balaban J connectivity index is 1.44. The Morgan fingerprint density at radius 1 is 0.865 bits per heavy atom. The molecule has 0 unspecified atom stereocenters. The Kier molecular flexibility index (Phi) is 5.46. The third-order valence-electron chi connectivity index (χ3n) is 7.17. The SMILES string of the molecule is CC(=O)Oc1ccc(C(=O)[C@@H]2[C@@H]3C(=O)N(c4ccc(Cl)cc4)C(=O)[C@@H]3[C@@H]3C=Cc4ccccc4N23)cc1. The number of carbonyl (C=O) groups excluding carboxylic acids is 4. The molecule has 0 saturated carbocycles. The highest BCUT2D eigenvalue weighted by atomic mass is 35.5. The van der Waals surface area contributed by atoms with Gasteiger partial charge in [0.25, 0.3) is 0 Å². The van der Waals surface area contributed by atoms with Gasteiger partial charge < -0.3 is 9.64 Å². The Labute approximate surface area is 217 Å². The van der Waals surface area contributed by atoms with E-state index < -0.39 is 35.8 Å². The van der Waals surface area contributed by atoms with Crippen LogP contribution in [0.25, 0.3) is 6.08 Å². The van der Waals surface area contributed by atoms with E-state index in [1.165, 1.54) is 11.8 Å². The predicted molar refractivity (Wildman–Crippen MR) is 139 cm³/mol. The second kappa shape index (κ2) is 8.71. The summed E-state index contributed by atoms with van der Waals surface area (Å²) in [6.07, 6.45) is 3.85. The van der Waals surface area contributed by atoms with E-state index in [1.54, 1.807) is 48.5 Å². The molecule has 37 heavy (non-hydrogen) atoms. The van der Waals surface area contributed by atoms with Gasteiger partial charge in [-0.15, -0.1) is 0 Å². The van der Waals surface area contributed by atoms with Gasteiger partial charge in [0.2, 0.25) is 11.8 Å². The first-order chi connectivity index (χ1) is 17.8. The number of Topliss-reactive ketones (excluding diaryl/α,β-unsaturated/α-hetero) is 1. The molecule has 0 bridgehead atoms. The topological polar surface area (TPSA) is 84.0 Å². The summed E-state index contributed by atoms with van der Waals surface area (Å²) < 4.78 is 5.09. The van der Waals surface area contributed by atoms with Crippen LogP contribution < -0.4 is 14.5 Å². The van der Waals surface area contributed by atoms with Crippen LogP contribution in [0, 0.1) is 11.8 Å². The van der Waals surface area contributed by atoms with Crippen molar-refractivity contribution >= 4 is 52.6 Å². The zero-order chi connectivity index (χ0) is 25.8. The van der Waals surface area contributed by atoms with Gasteiger partial charge in [0.15, 0.2) is 5.78 Å². The molecule has 3 heterocycles. The highest BCUT2D eigenvalue weighted by Gasteiger charge is 2.64. The summed E-state index contributed by atoms with van der Waals surface area (Å²) in [6.45, 7) is 1.30. The molecule has 7 nitrogen and oxygen atoms in total. The molecule has 2 amide bonds. The molecule has 3 aliphatic heterocycles. The number of hydrogen-bond donors (Lipinski definition) is 0. The molecule has 2 fully saturated rings. The predicted octanol–water partition coefficient (Wildman–Crippen LogP) is 4.54. The fraction of sp³-hybridized carbons (Fsp3) is 0.172. The molecule has 6 rings (SSSR count). The molecule has 0 aliphatic carbocycles. The van der Waals surface area contributed by atoms with Crippen LogP contribution >= 0.6 is 11.6 Å². The Morgan fingerprint density at radius 3 is 2.24 bits per heavy atom. The van der Waals surface area contributed by atoms with Crippen molar-refractivity contribution in [3.05, 3.63) is 95.0 Å². The highest BCUT2D eigenvalue weighted by molar-refractivity contribution is 6.31. The molecule has 0 N–H and O–H groups in total. The number of esters is 1. The standard InChI is InChI=1S/C29H21ClN2O5/c1-16(33)37-21-13-6-18(7-14-21)27(34)26-25-24(23-15-8-17-4-2-3-5-22(17)32(23)26)28(35)31(29(25)36)20-11-9-19(30)10-12-20/h2-15,23-26H,1H3/t23-,24+,25+,26-/m0/s1. The van der Waals surface area contributed by atoms with Crippen molar-refractivity contribution in [1.82, 2.24) is 0 Å². The lowest BCUT2D eigenvalue weighted by atomic mass is 9.86. The minimum Gasteiger partial charge on any atom is -0.427 e. The minimum absolute atomic E-state index is 0.281. The number of carbonyl (C=O) groups is 4. The summed E-state index contributed by atoms with van der Waals surface area (Å²) in [6, 6.07) is 19.0. The average Bonchev–Trinajstić information content (AvgIpc) is 3.37. The molecule has 8 heteroatoms. The van der Waals surface area contributed by atoms with E-state index in [9.17, 15) is 19.2 Å². The van der Waals surface area contributed by atoms with Crippen LogP contribution in [0.1, 0.15) is 22.8 Å². The fourth-order valence-corrected chi connectivity index (χ4v) is 5.81. The summed E-state index contributed by atoms with van der Waals surface area (Å²) in [5, 5.41) is 0.492. The smallest absolute Gasteiger partial charge is 0.308 e. The van der Waals surface area contributed by atoms with Gasteiger partial charge in [-0.05, 0) is 60.2 Å². The number of benzene rings is 3. The second-order valence-electron chi connectivity index (χ2n) is 9.28. The van der Waals surface area contributed by atoms with Crippen LogP contribution in [-0.4, -0.2) is 35.7 Å². The number of anilines is 2. The normalized spacial score (nSPS) is 23.5. The largest absolute Gasteiger partial charge is 0.427 e. The number of fused-ring (bicyclic) bond motifs is 5. The first-order valence-electron chi connectivity index (χ1n) is 11.9. The molecule has 0 spiro atoms. The van der Waals surface area contributed by atoms with E-state index in [0.717, 1.165) is 11.3 Å². The van der Waals surface area contributed by atoms with E-state index in [4.69, 9.17) is 16.3 Å². The molecule has 3 aromatic carbocycles. The molecule has 3 aliphatic rings. The van der Waals surface area contributed by atoms with Gasteiger partial charge in [-0.2, -0.15) is 0 Å². The van der Waals surface area contributed by atoms with Crippen LogP contribution in [0.4, 0.5) is 11.4 Å². The van der Waals surface area contributed by atoms with E-state index >= 15 is 0 Å². The summed E-state index contributed by atoms with van der Waals surface area (Å²) in [5.41, 5.74) is 2.50. The molecule has 2 saturated heterocycles. The van der Waals surface area contributed by atoms with E-state index in [2.05, 4.69) is 0 Å². The van der Waals surface area contributed by atoms with Crippen molar-refractivity contribution in [1.29, 1.82) is 0 Å². The number of para-hydroxylation sites is 1. The molecular formula is C29H21ClN2O5. The quantitative estimate of drug-likeness (QED) is 0.221. The molecule has 4 atom stereocenters. The monoisotopic (exact) mass is 512 g/mol. The third kappa shape index (κ3) is 3.65. The second-order valence-corrected chi connectivity index (χ2v) is 9.72. The minimum atomic E-state index is -0.894. The van der Waals surface area contributed by atoms with E-state index in [1.807, 2.05) is 41.3 Å². The summed E-state index contributed by atoms with van der Waals surface area (Å²) >= 11 is 6.02. The van der Waals surface area contributed by atoms with Crippen LogP contribution in [0.3, 0.4) is 0 Å². The van der Waals surface area contributed by atoms with Crippen LogP contribution in [0.2, 0.25) is 5.02 Å². The number of imide groups is 1. The zero-order valence-electron chi connectivity index (χ0n) is 19.7. The van der Waals surface area contributed by atoms with Gasteiger partial charge in [-0.3, -0.25) is 19.2 Å². The highest BCUT2D eigenvalue weighted by Crippen LogP contribution is 2.49. The first-order valence-corrected chi connectivity index (χ1v) is 12.2. The summed E-state index contributed by atoms with van der Waals surface area (Å²) in [5.74, 6) is -2.76. The van der Waals surface area contributed by atoms with Crippen LogP contribution in [0.15, 0.2) is 78.9 Å². The number of halogens is 1. The molecule has 184 valence electrons. The number of hydrogen-bond acceptors (Lipinski definition) is 6. The maximum atomic E-state index is 14.1. The maximum absolute atomic E-state index is 14.1. The average molecular weight is 513 g/mol. The van der Waals surface area contributed by atoms with Crippen molar-refractivity contribution in [3.63, 3.8) is 0 Å². The van der Waals surface area contributed by atoms with Crippen molar-refractivity contribution in [2.24, 2.45) is 11.8 Å². The molecule has 3 aromatic rings. The van der Waals surface area contributed by atoms with Gasteiger partial charge in [-0.1, -0.05) is 42.0 Å². The third-order valence-corrected chi connectivity index (χ3v) is 7.42. The van der Waals surface area contributed by atoms with E-state index in [-0.39, 0.29) is 11.7 Å². The number of ketones is 1. The number of ether oxygens (including phenoxy) is 1. The lowest BCUT2D eigenvalue weighted by molar-refractivity contribution is -0.132. The first kappa shape index (κ1) is 23.2.